The molecule has 58 heavy (non-hydrogen) atoms. The average molecular weight is 740 g/mol. The Morgan fingerprint density at radius 2 is 0.862 bits per heavy atom. The lowest BCUT2D eigenvalue weighted by Crippen LogP contribution is -2.10. The summed E-state index contributed by atoms with van der Waals surface area (Å²) in [5, 5.41) is 6.93. The molecule has 0 aliphatic heterocycles. The maximum Gasteiger partial charge on any atom is 0.143 e. The highest BCUT2D eigenvalue weighted by Crippen LogP contribution is 2.46. The summed E-state index contributed by atoms with van der Waals surface area (Å²) in [6.07, 6.45) is 0. The maximum absolute atomic E-state index is 6.72. The van der Waals surface area contributed by atoms with Gasteiger partial charge in [-0.3, -0.25) is 0 Å². The number of hydrogen-bond acceptors (Lipinski definition) is 2. The molecule has 1 heterocycles. The van der Waals surface area contributed by atoms with E-state index in [-0.39, 0.29) is 0 Å². The van der Waals surface area contributed by atoms with Crippen LogP contribution in [0.25, 0.3) is 88.0 Å². The van der Waals surface area contributed by atoms with Crippen LogP contribution in [0, 0.1) is 0 Å². The van der Waals surface area contributed by atoms with E-state index in [1.807, 2.05) is 0 Å². The zero-order valence-electron chi connectivity index (χ0n) is 31.7. The van der Waals surface area contributed by atoms with Crippen LogP contribution in [-0.2, 0) is 0 Å². The Morgan fingerprint density at radius 3 is 1.57 bits per heavy atom. The molecule has 0 amide bonds. The largest absolute Gasteiger partial charge is 0.455 e. The second kappa shape index (κ2) is 14.1. The summed E-state index contributed by atoms with van der Waals surface area (Å²) in [6, 6.07) is 80.7. The van der Waals surface area contributed by atoms with Gasteiger partial charge in [-0.1, -0.05) is 164 Å². The fourth-order valence-electron chi connectivity index (χ4n) is 8.63. The van der Waals surface area contributed by atoms with Gasteiger partial charge in [-0.05, 0) is 121 Å². The van der Waals surface area contributed by atoms with Crippen molar-refractivity contribution < 1.29 is 4.42 Å². The van der Waals surface area contributed by atoms with Crippen molar-refractivity contribution in [3.63, 3.8) is 0 Å². The molecule has 272 valence electrons. The summed E-state index contributed by atoms with van der Waals surface area (Å²) < 4.78 is 6.72. The molecule has 0 aliphatic carbocycles. The predicted octanol–water partition coefficient (Wildman–Crippen LogP) is 16.0. The molecule has 2 nitrogen and oxygen atoms in total. The van der Waals surface area contributed by atoms with Gasteiger partial charge >= 0.3 is 0 Å². The molecular weight excluding hydrogens is 703 g/mol. The lowest BCUT2D eigenvalue weighted by atomic mass is 9.93. The number of nitrogens with zero attached hydrogens (tertiary/aromatic N) is 1. The van der Waals surface area contributed by atoms with Gasteiger partial charge in [0.05, 0.1) is 11.1 Å². The molecule has 1 aromatic heterocycles. The van der Waals surface area contributed by atoms with Crippen molar-refractivity contribution in [3.8, 4) is 44.5 Å². The van der Waals surface area contributed by atoms with Gasteiger partial charge in [0.1, 0.15) is 11.2 Å². The van der Waals surface area contributed by atoms with Crippen LogP contribution in [0.4, 0.5) is 17.1 Å². The molecule has 0 unspecified atom stereocenters. The highest BCUT2D eigenvalue weighted by molar-refractivity contribution is 6.19. The number of rotatable bonds is 7. The third-order valence-corrected chi connectivity index (χ3v) is 11.4. The standard InChI is InChI=1S/C56H37NO/c1-3-14-38(15-4-1)44-34-45(39-16-5-2-6-17-39)36-46(35-44)40-28-31-47(32-29-40)57(48-22-11-21-43(37-48)50-25-12-20-41-18-7-9-23-49(41)50)53-26-13-27-54-55(53)52-33-30-42-19-8-10-24-51(42)56(52)58-54/h1-37H. The summed E-state index contributed by atoms with van der Waals surface area (Å²) in [5.41, 5.74) is 14.4. The molecule has 11 aromatic rings. The second-order valence-corrected chi connectivity index (χ2v) is 14.9. The fourth-order valence-corrected chi connectivity index (χ4v) is 8.63. The predicted molar refractivity (Wildman–Crippen MR) is 245 cm³/mol. The first-order valence-corrected chi connectivity index (χ1v) is 19.8. The fraction of sp³-hybridized carbons (Fsp3) is 0. The lowest BCUT2D eigenvalue weighted by molar-refractivity contribution is 0.672. The first-order chi connectivity index (χ1) is 28.7. The van der Waals surface area contributed by atoms with Crippen LogP contribution in [-0.4, -0.2) is 0 Å². The van der Waals surface area contributed by atoms with Gasteiger partial charge in [0.25, 0.3) is 0 Å². The van der Waals surface area contributed by atoms with E-state index in [9.17, 15) is 0 Å². The van der Waals surface area contributed by atoms with E-state index in [1.165, 1.54) is 44.2 Å². The van der Waals surface area contributed by atoms with E-state index in [0.717, 1.165) is 60.9 Å². The topological polar surface area (TPSA) is 16.4 Å². The van der Waals surface area contributed by atoms with Crippen molar-refractivity contribution in [3.05, 3.63) is 224 Å². The van der Waals surface area contributed by atoms with E-state index >= 15 is 0 Å². The van der Waals surface area contributed by atoms with Crippen LogP contribution in [0.5, 0.6) is 0 Å². The molecule has 0 aliphatic rings. The van der Waals surface area contributed by atoms with Crippen LogP contribution >= 0.6 is 0 Å². The minimum atomic E-state index is 0.863. The van der Waals surface area contributed by atoms with Crippen LogP contribution < -0.4 is 4.90 Å². The third-order valence-electron chi connectivity index (χ3n) is 11.4. The monoisotopic (exact) mass is 739 g/mol. The smallest absolute Gasteiger partial charge is 0.143 e. The van der Waals surface area contributed by atoms with Crippen molar-refractivity contribution in [2.45, 2.75) is 0 Å². The number of fused-ring (bicyclic) bond motifs is 6. The zero-order chi connectivity index (χ0) is 38.4. The highest BCUT2D eigenvalue weighted by atomic mass is 16.3. The van der Waals surface area contributed by atoms with Gasteiger partial charge in [0, 0.05) is 22.1 Å². The summed E-state index contributed by atoms with van der Waals surface area (Å²) in [5.74, 6) is 0. The van der Waals surface area contributed by atoms with Gasteiger partial charge < -0.3 is 9.32 Å². The molecule has 0 saturated carbocycles. The average Bonchev–Trinajstić information content (AvgIpc) is 3.70. The molecular formula is C56H37NO. The van der Waals surface area contributed by atoms with E-state index in [1.54, 1.807) is 0 Å². The third kappa shape index (κ3) is 5.91. The molecule has 0 bridgehead atoms. The zero-order valence-corrected chi connectivity index (χ0v) is 31.7. The van der Waals surface area contributed by atoms with Crippen molar-refractivity contribution >= 4 is 60.5 Å². The Bertz CT molecular complexity index is 3210. The van der Waals surface area contributed by atoms with E-state index in [4.69, 9.17) is 4.42 Å². The number of furan rings is 1. The number of anilines is 3. The Morgan fingerprint density at radius 1 is 0.310 bits per heavy atom. The SMILES string of the molecule is c1ccc(-c2cc(-c3ccccc3)cc(-c3ccc(N(c4cccc(-c5cccc6ccccc56)c4)c4cccc5oc6c7ccccc7ccc6c45)cc3)c2)cc1. The van der Waals surface area contributed by atoms with E-state index < -0.39 is 0 Å². The summed E-state index contributed by atoms with van der Waals surface area (Å²) in [4.78, 5) is 2.39. The van der Waals surface area contributed by atoms with Crippen LogP contribution in [0.3, 0.4) is 0 Å². The minimum Gasteiger partial charge on any atom is -0.455 e. The van der Waals surface area contributed by atoms with Crippen LogP contribution in [0.2, 0.25) is 0 Å². The van der Waals surface area contributed by atoms with Crippen molar-refractivity contribution in [1.29, 1.82) is 0 Å². The highest BCUT2D eigenvalue weighted by Gasteiger charge is 2.21. The molecule has 11 rings (SSSR count). The Kier molecular flexibility index (Phi) is 8.19. The van der Waals surface area contributed by atoms with Crippen molar-refractivity contribution in [2.24, 2.45) is 0 Å². The van der Waals surface area contributed by atoms with Crippen molar-refractivity contribution in [1.82, 2.24) is 0 Å². The molecule has 0 fully saturated rings. The summed E-state index contributed by atoms with van der Waals surface area (Å²) in [7, 11) is 0. The first-order valence-electron chi connectivity index (χ1n) is 19.8. The second-order valence-electron chi connectivity index (χ2n) is 14.9. The molecule has 0 radical (unpaired) electrons. The minimum absolute atomic E-state index is 0.863. The Labute approximate surface area is 337 Å². The number of hydrogen-bond donors (Lipinski definition) is 0. The van der Waals surface area contributed by atoms with Gasteiger partial charge in [-0.2, -0.15) is 0 Å². The van der Waals surface area contributed by atoms with E-state index in [0.29, 0.717) is 0 Å². The molecule has 0 atom stereocenters. The lowest BCUT2D eigenvalue weighted by Gasteiger charge is -2.27. The van der Waals surface area contributed by atoms with Gasteiger partial charge in [-0.25, -0.2) is 0 Å². The molecule has 0 N–H and O–H groups in total. The quantitative estimate of drug-likeness (QED) is 0.162. The Balaban J connectivity index is 1.10. The number of benzene rings is 10. The van der Waals surface area contributed by atoms with Crippen LogP contribution in [0.1, 0.15) is 0 Å². The van der Waals surface area contributed by atoms with Gasteiger partial charge in [-0.15, -0.1) is 0 Å². The van der Waals surface area contributed by atoms with Crippen molar-refractivity contribution in [2.75, 3.05) is 4.90 Å². The maximum atomic E-state index is 6.72. The summed E-state index contributed by atoms with van der Waals surface area (Å²) >= 11 is 0. The van der Waals surface area contributed by atoms with E-state index in [2.05, 4.69) is 229 Å². The van der Waals surface area contributed by atoms with Crippen LogP contribution in [0.15, 0.2) is 229 Å². The molecule has 0 saturated heterocycles. The van der Waals surface area contributed by atoms with Gasteiger partial charge in [0.15, 0.2) is 0 Å². The Hall–Kier alpha value is -7.68. The molecule has 0 spiro atoms. The molecule has 2 heteroatoms. The normalized spacial score (nSPS) is 11.4. The van der Waals surface area contributed by atoms with Gasteiger partial charge in [0.2, 0.25) is 0 Å². The summed E-state index contributed by atoms with van der Waals surface area (Å²) in [6.45, 7) is 0. The first kappa shape index (κ1) is 33.6. The molecule has 10 aromatic carbocycles.